The summed E-state index contributed by atoms with van der Waals surface area (Å²) in [7, 11) is 0. The van der Waals surface area contributed by atoms with E-state index >= 15 is 0 Å². The number of hydrazine groups is 1. The molecule has 2 heterocycles. The molecular weight excluding hydrogens is 311 g/mol. The van der Waals surface area contributed by atoms with Crippen LogP contribution in [0, 0.1) is 5.82 Å². The minimum Gasteiger partial charge on any atom is -0.267 e. The average molecular weight is 329 g/mol. The largest absolute Gasteiger partial charge is 0.287 e. The third kappa shape index (κ3) is 3.34. The predicted molar refractivity (Wildman–Crippen MR) is 85.8 cm³/mol. The minimum atomic E-state index is -0.705. The van der Waals surface area contributed by atoms with Gasteiger partial charge in [-0.2, -0.15) is 0 Å². The monoisotopic (exact) mass is 329 g/mol. The number of aromatic amines is 1. The van der Waals surface area contributed by atoms with Crippen LogP contribution in [0.25, 0.3) is 0 Å². The number of rotatable bonds is 3. The molecule has 0 bridgehead atoms. The molecule has 1 fully saturated rings. The molecule has 0 spiro atoms. The van der Waals surface area contributed by atoms with Crippen LogP contribution in [0.15, 0.2) is 42.6 Å². The van der Waals surface area contributed by atoms with Gasteiger partial charge >= 0.3 is 0 Å². The second-order valence-electron chi connectivity index (χ2n) is 5.51. The molecule has 7 heteroatoms. The fourth-order valence-electron chi connectivity index (χ4n) is 2.71. The number of H-pyrrole nitrogens is 1. The number of benzene rings is 1. The second-order valence-corrected chi connectivity index (χ2v) is 5.51. The first kappa shape index (κ1) is 15.9. The number of pyridine rings is 1. The van der Waals surface area contributed by atoms with Gasteiger partial charge < -0.3 is 0 Å². The van der Waals surface area contributed by atoms with Crippen LogP contribution >= 0.6 is 0 Å². The van der Waals surface area contributed by atoms with Gasteiger partial charge in [0.05, 0.1) is 24.8 Å². The van der Waals surface area contributed by atoms with Crippen molar-refractivity contribution in [2.45, 2.75) is 12.8 Å². The number of aromatic nitrogens is 1. The first-order valence-electron chi connectivity index (χ1n) is 7.77. The zero-order chi connectivity index (χ0) is 16.9. The van der Waals surface area contributed by atoms with Gasteiger partial charge in [-0.15, -0.1) is 0 Å². The van der Waals surface area contributed by atoms with Gasteiger partial charge in [-0.25, -0.2) is 9.37 Å². The summed E-state index contributed by atoms with van der Waals surface area (Å²) in [4.78, 5) is 29.5. The molecule has 3 rings (SSSR count). The molecule has 2 amide bonds. The molecule has 0 aliphatic carbocycles. The fourth-order valence-corrected chi connectivity index (χ4v) is 2.71. The van der Waals surface area contributed by atoms with Crippen LogP contribution in [-0.4, -0.2) is 24.9 Å². The minimum absolute atomic E-state index is 0.128. The lowest BCUT2D eigenvalue weighted by Crippen LogP contribution is -2.43. The molecule has 1 aromatic heterocycles. The molecule has 1 saturated heterocycles. The summed E-state index contributed by atoms with van der Waals surface area (Å²) >= 11 is 0. The van der Waals surface area contributed by atoms with E-state index in [-0.39, 0.29) is 5.56 Å². The first-order valence-corrected chi connectivity index (χ1v) is 7.77. The van der Waals surface area contributed by atoms with E-state index in [4.69, 9.17) is 0 Å². The van der Waals surface area contributed by atoms with E-state index in [9.17, 15) is 14.0 Å². The van der Waals surface area contributed by atoms with Crippen molar-refractivity contribution in [1.82, 2.24) is 10.9 Å². The van der Waals surface area contributed by atoms with Gasteiger partial charge in [-0.1, -0.05) is 12.1 Å². The maximum Gasteiger partial charge on any atom is 0.287 e. The number of amides is 2. The molecule has 0 radical (unpaired) electrons. The van der Waals surface area contributed by atoms with Crippen LogP contribution in [0.1, 0.15) is 33.6 Å². The highest BCUT2D eigenvalue weighted by Gasteiger charge is 2.27. The highest BCUT2D eigenvalue weighted by Crippen LogP contribution is 2.19. The third-order valence-electron chi connectivity index (χ3n) is 3.91. The number of halogens is 1. The molecule has 124 valence electrons. The Morgan fingerprint density at radius 3 is 2.29 bits per heavy atom. The zero-order valence-electron chi connectivity index (χ0n) is 13.0. The number of nitrogens with one attached hydrogen (secondary N) is 3. The van der Waals surface area contributed by atoms with Gasteiger partial charge in [0.15, 0.2) is 0 Å². The van der Waals surface area contributed by atoms with E-state index < -0.39 is 17.6 Å². The molecule has 6 nitrogen and oxygen atoms in total. The van der Waals surface area contributed by atoms with Crippen LogP contribution in [0.4, 0.5) is 10.2 Å². The second kappa shape index (κ2) is 7.08. The standard InChI is InChI=1S/C17H17FN4O2/c18-14-8-2-1-6-12(14)16(23)20-21-17(24)13-7-5-9-19-15(13)22-10-3-4-11-22/h1-2,5-9H,3-4,10-11H2,(H,20,23)(H,21,24)/p+1. The average Bonchev–Trinajstić information content (AvgIpc) is 3.14. The van der Waals surface area contributed by atoms with Crippen molar-refractivity contribution in [1.29, 1.82) is 0 Å². The number of hydrogen-bond donors (Lipinski definition) is 2. The molecule has 0 saturated carbocycles. The molecule has 1 aliphatic heterocycles. The Hall–Kier alpha value is -2.96. The van der Waals surface area contributed by atoms with Crippen molar-refractivity contribution in [3.63, 3.8) is 0 Å². The number of nitrogens with zero attached hydrogens (tertiary/aromatic N) is 1. The van der Waals surface area contributed by atoms with Gasteiger partial charge in [0.25, 0.3) is 17.6 Å². The van der Waals surface area contributed by atoms with Crippen molar-refractivity contribution in [2.24, 2.45) is 0 Å². The van der Waals surface area contributed by atoms with E-state index in [0.29, 0.717) is 11.4 Å². The van der Waals surface area contributed by atoms with Gasteiger partial charge in [-0.3, -0.25) is 25.3 Å². The highest BCUT2D eigenvalue weighted by atomic mass is 19.1. The summed E-state index contributed by atoms with van der Waals surface area (Å²) in [5, 5.41) is 0. The van der Waals surface area contributed by atoms with E-state index in [1.807, 2.05) is 0 Å². The van der Waals surface area contributed by atoms with Crippen LogP contribution in [-0.2, 0) is 0 Å². The number of anilines is 1. The quantitative estimate of drug-likeness (QED) is 0.834. The molecular formula is C17H18FN4O2+. The summed E-state index contributed by atoms with van der Waals surface area (Å²) in [6.07, 6.45) is 3.91. The predicted octanol–water partition coefficient (Wildman–Crippen LogP) is 1.31. The molecule has 0 atom stereocenters. The zero-order valence-corrected chi connectivity index (χ0v) is 13.0. The summed E-state index contributed by atoms with van der Waals surface area (Å²) in [6.45, 7) is 1.75. The lowest BCUT2D eigenvalue weighted by Gasteiger charge is -2.13. The Morgan fingerprint density at radius 2 is 1.58 bits per heavy atom. The topological polar surface area (TPSA) is 75.6 Å². The number of hydrogen-bond acceptors (Lipinski definition) is 3. The fraction of sp³-hybridized carbons (Fsp3) is 0.235. The van der Waals surface area contributed by atoms with Crippen LogP contribution in [0.2, 0.25) is 0 Å². The molecule has 2 aromatic rings. The van der Waals surface area contributed by atoms with E-state index in [1.165, 1.54) is 18.2 Å². The van der Waals surface area contributed by atoms with Crippen molar-refractivity contribution >= 4 is 17.6 Å². The molecule has 1 aliphatic rings. The SMILES string of the molecule is O=C(NNC(=O)c1ccc[nH+]c1N1CCCC1)c1ccccc1F. The summed E-state index contributed by atoms with van der Waals surface area (Å²) in [5.41, 5.74) is 4.88. The van der Waals surface area contributed by atoms with Gasteiger partial charge in [0, 0.05) is 0 Å². The maximum atomic E-state index is 13.6. The van der Waals surface area contributed by atoms with Crippen molar-refractivity contribution in [3.05, 3.63) is 59.5 Å². The lowest BCUT2D eigenvalue weighted by molar-refractivity contribution is -0.364. The van der Waals surface area contributed by atoms with Crippen LogP contribution in [0.3, 0.4) is 0 Å². The molecule has 0 unspecified atom stereocenters. The maximum absolute atomic E-state index is 13.6. The van der Waals surface area contributed by atoms with Crippen LogP contribution in [0.5, 0.6) is 0 Å². The summed E-state index contributed by atoms with van der Waals surface area (Å²) in [5.74, 6) is -1.09. The third-order valence-corrected chi connectivity index (χ3v) is 3.91. The van der Waals surface area contributed by atoms with Crippen molar-refractivity contribution < 1.29 is 19.0 Å². The van der Waals surface area contributed by atoms with Gasteiger partial charge in [0.1, 0.15) is 11.4 Å². The van der Waals surface area contributed by atoms with E-state index in [0.717, 1.165) is 25.9 Å². The molecule has 1 aromatic carbocycles. The lowest BCUT2D eigenvalue weighted by atomic mass is 10.2. The Morgan fingerprint density at radius 1 is 0.958 bits per heavy atom. The van der Waals surface area contributed by atoms with Gasteiger partial charge in [-0.05, 0) is 37.1 Å². The summed E-state index contributed by atoms with van der Waals surface area (Å²) in [6, 6.07) is 8.98. The number of carbonyl (C=O) groups excluding carboxylic acids is 2. The smallest absolute Gasteiger partial charge is 0.267 e. The van der Waals surface area contributed by atoms with E-state index in [2.05, 4.69) is 20.7 Å². The highest BCUT2D eigenvalue weighted by molar-refractivity contribution is 6.01. The van der Waals surface area contributed by atoms with Crippen molar-refractivity contribution in [3.8, 4) is 0 Å². The first-order chi connectivity index (χ1) is 11.7. The summed E-state index contributed by atoms with van der Waals surface area (Å²) < 4.78 is 13.6. The van der Waals surface area contributed by atoms with Crippen molar-refractivity contribution in [2.75, 3.05) is 18.0 Å². The Kier molecular flexibility index (Phi) is 4.69. The Labute approximate surface area is 138 Å². The molecule has 24 heavy (non-hydrogen) atoms. The Bertz CT molecular complexity index is 760. The number of carbonyl (C=O) groups is 2. The van der Waals surface area contributed by atoms with Crippen LogP contribution < -0.4 is 20.7 Å². The normalized spacial score (nSPS) is 13.6. The van der Waals surface area contributed by atoms with E-state index in [1.54, 1.807) is 24.4 Å². The molecule has 3 N–H and O–H groups in total. The van der Waals surface area contributed by atoms with Gasteiger partial charge in [0.2, 0.25) is 0 Å². The Balaban J connectivity index is 1.70.